The number of nitro groups is 1. The molecule has 0 amide bonds. The zero-order valence-electron chi connectivity index (χ0n) is 7.14. The molecule has 0 bridgehead atoms. The highest BCUT2D eigenvalue weighted by Gasteiger charge is 2.32. The molecule has 1 atom stereocenters. The Morgan fingerprint density at radius 3 is 2.69 bits per heavy atom. The van der Waals surface area contributed by atoms with Crippen molar-refractivity contribution in [2.45, 2.75) is 12.4 Å². The van der Waals surface area contributed by atoms with Crippen molar-refractivity contribution in [2.75, 3.05) is 7.11 Å². The molecule has 1 aliphatic rings. The number of nitrogens with zero attached hydrogens (tertiary/aromatic N) is 1. The van der Waals surface area contributed by atoms with Gasteiger partial charge in [-0.1, -0.05) is 18.7 Å². The van der Waals surface area contributed by atoms with Crippen molar-refractivity contribution in [3.63, 3.8) is 0 Å². The van der Waals surface area contributed by atoms with Crippen LogP contribution in [0.25, 0.3) is 0 Å². The summed E-state index contributed by atoms with van der Waals surface area (Å²) in [6.45, 7) is 1.37. The number of ether oxygens (including phenoxy) is 1. The van der Waals surface area contributed by atoms with E-state index in [0.29, 0.717) is 4.91 Å². The third-order valence-corrected chi connectivity index (χ3v) is 2.83. The minimum absolute atomic E-state index is 0.0716. The summed E-state index contributed by atoms with van der Waals surface area (Å²) in [4.78, 5) is 10.3. The first-order valence-electron chi connectivity index (χ1n) is 3.49. The van der Waals surface area contributed by atoms with Gasteiger partial charge in [0.25, 0.3) is 5.70 Å². The van der Waals surface area contributed by atoms with Crippen molar-refractivity contribution < 1.29 is 14.8 Å². The van der Waals surface area contributed by atoms with E-state index in [1.54, 1.807) is 0 Å². The van der Waals surface area contributed by atoms with E-state index >= 15 is 0 Å². The molecule has 1 rings (SSSR count). The molecule has 5 nitrogen and oxygen atoms in total. The number of hydrogen-bond acceptors (Lipinski definition) is 5. The highest BCUT2D eigenvalue weighted by Crippen LogP contribution is 2.37. The lowest BCUT2D eigenvalue weighted by Gasteiger charge is -2.08. The molecule has 72 valence electrons. The summed E-state index contributed by atoms with van der Waals surface area (Å²) in [5.41, 5.74) is -0.730. The molecule has 0 aromatic heterocycles. The smallest absolute Gasteiger partial charge is 0.286 e. The maximum atomic E-state index is 10.9. The highest BCUT2D eigenvalue weighted by molar-refractivity contribution is 8.04. The third kappa shape index (κ3) is 2.02. The van der Waals surface area contributed by atoms with Crippen LogP contribution in [0.4, 0.5) is 0 Å². The van der Waals surface area contributed by atoms with Gasteiger partial charge in [0, 0.05) is 18.1 Å². The molecule has 0 saturated carbocycles. The quantitative estimate of drug-likeness (QED) is 0.369. The molecular weight excluding hydrogens is 194 g/mol. The fourth-order valence-corrected chi connectivity index (χ4v) is 1.86. The number of hydrogen-bond donors (Lipinski definition) is 0. The van der Waals surface area contributed by atoms with Crippen LogP contribution in [0.5, 0.6) is 0 Å². The first-order valence-corrected chi connectivity index (χ1v) is 4.37. The Morgan fingerprint density at radius 2 is 2.38 bits per heavy atom. The van der Waals surface area contributed by atoms with E-state index in [9.17, 15) is 15.2 Å². The predicted molar refractivity (Wildman–Crippen MR) is 46.2 cm³/mol. The van der Waals surface area contributed by atoms with Crippen molar-refractivity contribution in [2.24, 2.45) is 0 Å². The second kappa shape index (κ2) is 3.80. The van der Waals surface area contributed by atoms with E-state index in [1.807, 2.05) is 0 Å². The Labute approximate surface area is 79.2 Å². The van der Waals surface area contributed by atoms with Crippen LogP contribution in [0, 0.1) is 10.1 Å². The van der Waals surface area contributed by atoms with Gasteiger partial charge in [0.15, 0.2) is 5.44 Å². The normalized spacial score (nSPS) is 25.7. The molecule has 0 unspecified atom stereocenters. The van der Waals surface area contributed by atoms with Crippen LogP contribution in [-0.4, -0.2) is 17.5 Å². The Hall–Kier alpha value is -1.01. The van der Waals surface area contributed by atoms with Gasteiger partial charge < -0.3 is 9.84 Å². The SMILES string of the molecule is CO[C@@H]1S/C(=C(\C)[O-])C=C1[N+](=O)[O-]. The molecule has 0 aromatic carbocycles. The molecular formula is C7H8NO4S-. The lowest BCUT2D eigenvalue weighted by molar-refractivity contribution is -0.432. The molecule has 13 heavy (non-hydrogen) atoms. The van der Waals surface area contributed by atoms with E-state index < -0.39 is 10.4 Å². The van der Waals surface area contributed by atoms with E-state index in [-0.39, 0.29) is 11.5 Å². The second-order valence-electron chi connectivity index (χ2n) is 2.43. The molecule has 0 fully saturated rings. The molecule has 0 saturated heterocycles. The van der Waals surface area contributed by atoms with Gasteiger partial charge in [0.1, 0.15) is 0 Å². The lowest BCUT2D eigenvalue weighted by atomic mass is 10.4. The largest absolute Gasteiger partial charge is 0.875 e. The predicted octanol–water partition coefficient (Wildman–Crippen LogP) is 0.458. The molecule has 0 aromatic rings. The third-order valence-electron chi connectivity index (χ3n) is 1.53. The van der Waals surface area contributed by atoms with Crippen LogP contribution >= 0.6 is 11.8 Å². The highest BCUT2D eigenvalue weighted by atomic mass is 32.2. The van der Waals surface area contributed by atoms with Crippen LogP contribution < -0.4 is 5.11 Å². The number of thioether (sulfide) groups is 1. The topological polar surface area (TPSA) is 75.4 Å². The summed E-state index contributed by atoms with van der Waals surface area (Å²) >= 11 is 1.07. The van der Waals surface area contributed by atoms with Gasteiger partial charge in [-0.15, -0.1) is 5.76 Å². The van der Waals surface area contributed by atoms with E-state index in [2.05, 4.69) is 0 Å². The van der Waals surface area contributed by atoms with Crippen molar-refractivity contribution in [1.29, 1.82) is 0 Å². The average molecular weight is 202 g/mol. The number of methoxy groups -OCH3 is 1. The standard InChI is InChI=1S/C7H9NO4S/c1-4(9)6-3-5(8(10)11)7(12-2)13-6/h3,7,9H,1-2H3/p-1/b6-4+/t7-/m1/s1. The van der Waals surface area contributed by atoms with Gasteiger partial charge in [0.05, 0.1) is 4.92 Å². The van der Waals surface area contributed by atoms with E-state index in [4.69, 9.17) is 4.74 Å². The summed E-state index contributed by atoms with van der Waals surface area (Å²) in [7, 11) is 1.37. The van der Waals surface area contributed by atoms with Gasteiger partial charge in [-0.3, -0.25) is 10.1 Å². The van der Waals surface area contributed by atoms with E-state index in [0.717, 1.165) is 11.8 Å². The Morgan fingerprint density at radius 1 is 1.77 bits per heavy atom. The van der Waals surface area contributed by atoms with Gasteiger partial charge >= 0.3 is 0 Å². The summed E-state index contributed by atoms with van der Waals surface area (Å²) in [6, 6.07) is 0. The summed E-state index contributed by atoms with van der Waals surface area (Å²) in [5, 5.41) is 21.4. The summed E-state index contributed by atoms with van der Waals surface area (Å²) < 4.78 is 4.85. The summed E-state index contributed by atoms with van der Waals surface area (Å²) in [5.74, 6) is -0.177. The Kier molecular flexibility index (Phi) is 2.94. The molecule has 0 spiro atoms. The number of allylic oxidation sites excluding steroid dienone is 2. The van der Waals surface area contributed by atoms with Gasteiger partial charge in [-0.25, -0.2) is 0 Å². The van der Waals surface area contributed by atoms with Crippen molar-refractivity contribution in [3.8, 4) is 0 Å². The van der Waals surface area contributed by atoms with Gasteiger partial charge in [-0.05, 0) is 0 Å². The van der Waals surface area contributed by atoms with E-state index in [1.165, 1.54) is 20.1 Å². The molecule has 1 aliphatic heterocycles. The van der Waals surface area contributed by atoms with Crippen molar-refractivity contribution >= 4 is 11.8 Å². The lowest BCUT2D eigenvalue weighted by Crippen LogP contribution is -2.12. The Bertz CT molecular complexity index is 293. The zero-order valence-corrected chi connectivity index (χ0v) is 7.96. The van der Waals surface area contributed by atoms with Gasteiger partial charge in [0.2, 0.25) is 0 Å². The van der Waals surface area contributed by atoms with Crippen molar-refractivity contribution in [3.05, 3.63) is 32.6 Å². The van der Waals surface area contributed by atoms with Crippen LogP contribution in [0.1, 0.15) is 6.92 Å². The zero-order chi connectivity index (χ0) is 10.0. The molecule has 0 aliphatic carbocycles. The van der Waals surface area contributed by atoms with Crippen LogP contribution in [0.2, 0.25) is 0 Å². The maximum absolute atomic E-state index is 10.9. The molecule has 0 radical (unpaired) electrons. The average Bonchev–Trinajstić information content (AvgIpc) is 2.47. The first kappa shape index (κ1) is 10.1. The number of rotatable bonds is 2. The minimum atomic E-state index is -0.658. The monoisotopic (exact) mass is 202 g/mol. The van der Waals surface area contributed by atoms with Gasteiger partial charge in [-0.2, -0.15) is 0 Å². The summed E-state index contributed by atoms with van der Waals surface area (Å²) in [6.07, 6.45) is 1.27. The minimum Gasteiger partial charge on any atom is -0.875 e. The fraction of sp³-hybridized carbons (Fsp3) is 0.429. The molecule has 0 N–H and O–H groups in total. The van der Waals surface area contributed by atoms with Crippen LogP contribution in [-0.2, 0) is 4.74 Å². The molecule has 6 heteroatoms. The maximum Gasteiger partial charge on any atom is 0.286 e. The van der Waals surface area contributed by atoms with Crippen molar-refractivity contribution in [1.82, 2.24) is 0 Å². The van der Waals surface area contributed by atoms with Crippen LogP contribution in [0.3, 0.4) is 0 Å². The first-order chi connectivity index (χ1) is 6.06. The van der Waals surface area contributed by atoms with Crippen LogP contribution in [0.15, 0.2) is 22.4 Å². The molecule has 1 heterocycles. The second-order valence-corrected chi connectivity index (χ2v) is 3.54. The Balaban J connectivity index is 2.97. The fourth-order valence-electron chi connectivity index (χ4n) is 0.904.